The van der Waals surface area contributed by atoms with Crippen molar-refractivity contribution in [1.82, 2.24) is 9.97 Å². The first-order valence-corrected chi connectivity index (χ1v) is 10.4. The van der Waals surface area contributed by atoms with Crippen LogP contribution in [0.4, 0.5) is 5.69 Å². The highest BCUT2D eigenvalue weighted by atomic mass is 32.2. The molecule has 0 spiro atoms. The van der Waals surface area contributed by atoms with E-state index in [0.717, 1.165) is 28.7 Å². The Labute approximate surface area is 171 Å². The highest BCUT2D eigenvalue weighted by Crippen LogP contribution is 2.24. The number of carbonyl (C=O) groups is 1. The fraction of sp³-hybridized carbons (Fsp3) is 0.304. The fourth-order valence-corrected chi connectivity index (χ4v) is 3.62. The number of aromatic nitrogens is 2. The molecule has 1 heterocycles. The van der Waals surface area contributed by atoms with E-state index in [1.54, 1.807) is 0 Å². The van der Waals surface area contributed by atoms with Gasteiger partial charge in [-0.15, -0.1) is 0 Å². The van der Waals surface area contributed by atoms with E-state index in [-0.39, 0.29) is 11.3 Å². The summed E-state index contributed by atoms with van der Waals surface area (Å²) in [6.07, 6.45) is 0.788. The van der Waals surface area contributed by atoms with E-state index in [1.165, 1.54) is 22.9 Å². The standard InChI is InChI=1S/C23H27N3OS/c1-16-20(14-17-8-6-5-7-9-17)26-22(24-16)28-15-21(27)25-19-12-10-18(11-13-19)23(2,3)4/h5-13H,14-15H2,1-4H3,(H,24,26)(H,25,27). The van der Waals surface area contributed by atoms with Crippen molar-refractivity contribution in [2.24, 2.45) is 0 Å². The molecule has 0 unspecified atom stereocenters. The van der Waals surface area contributed by atoms with Crippen molar-refractivity contribution in [3.8, 4) is 0 Å². The van der Waals surface area contributed by atoms with Crippen molar-refractivity contribution in [1.29, 1.82) is 0 Å². The molecule has 0 radical (unpaired) electrons. The lowest BCUT2D eigenvalue weighted by molar-refractivity contribution is -0.113. The van der Waals surface area contributed by atoms with Gasteiger partial charge in [0, 0.05) is 17.8 Å². The van der Waals surface area contributed by atoms with E-state index in [1.807, 2.05) is 37.3 Å². The number of thioether (sulfide) groups is 1. The molecule has 28 heavy (non-hydrogen) atoms. The van der Waals surface area contributed by atoms with Crippen LogP contribution in [0, 0.1) is 6.92 Å². The summed E-state index contributed by atoms with van der Waals surface area (Å²) in [4.78, 5) is 20.2. The van der Waals surface area contributed by atoms with Crippen LogP contribution in [0.5, 0.6) is 0 Å². The average Bonchev–Trinajstić information content (AvgIpc) is 3.00. The molecule has 0 saturated carbocycles. The lowest BCUT2D eigenvalue weighted by atomic mass is 9.87. The Morgan fingerprint density at radius 2 is 1.75 bits per heavy atom. The van der Waals surface area contributed by atoms with E-state index >= 15 is 0 Å². The Bertz CT molecular complexity index is 925. The van der Waals surface area contributed by atoms with Gasteiger partial charge < -0.3 is 10.3 Å². The third kappa shape index (κ3) is 5.49. The molecule has 4 nitrogen and oxygen atoms in total. The number of benzene rings is 2. The van der Waals surface area contributed by atoms with Crippen molar-refractivity contribution < 1.29 is 4.79 Å². The van der Waals surface area contributed by atoms with Crippen molar-refractivity contribution in [3.05, 3.63) is 77.1 Å². The van der Waals surface area contributed by atoms with Crippen LogP contribution in [0.2, 0.25) is 0 Å². The Kier molecular flexibility index (Phi) is 6.25. The molecular weight excluding hydrogens is 366 g/mol. The van der Waals surface area contributed by atoms with Crippen LogP contribution in [0.1, 0.15) is 43.3 Å². The number of H-pyrrole nitrogens is 1. The second-order valence-corrected chi connectivity index (χ2v) is 8.90. The third-order valence-corrected chi connectivity index (χ3v) is 5.43. The summed E-state index contributed by atoms with van der Waals surface area (Å²) in [6, 6.07) is 18.3. The van der Waals surface area contributed by atoms with Crippen molar-refractivity contribution in [3.63, 3.8) is 0 Å². The van der Waals surface area contributed by atoms with Gasteiger partial charge in [0.15, 0.2) is 5.16 Å². The summed E-state index contributed by atoms with van der Waals surface area (Å²) in [7, 11) is 0. The molecule has 3 aromatic rings. The SMILES string of the molecule is Cc1[nH]c(SCC(=O)Nc2ccc(C(C)(C)C)cc2)nc1Cc1ccccc1. The van der Waals surface area contributed by atoms with E-state index < -0.39 is 0 Å². The summed E-state index contributed by atoms with van der Waals surface area (Å²) in [5.74, 6) is 0.283. The smallest absolute Gasteiger partial charge is 0.234 e. The molecule has 0 aliphatic rings. The normalized spacial score (nSPS) is 11.4. The molecule has 0 fully saturated rings. The molecule has 1 amide bonds. The maximum Gasteiger partial charge on any atom is 0.234 e. The van der Waals surface area contributed by atoms with Crippen molar-refractivity contribution >= 4 is 23.4 Å². The number of hydrogen-bond acceptors (Lipinski definition) is 3. The quantitative estimate of drug-likeness (QED) is 0.556. The van der Waals surface area contributed by atoms with Crippen LogP contribution in [0.3, 0.4) is 0 Å². The van der Waals surface area contributed by atoms with E-state index in [4.69, 9.17) is 0 Å². The van der Waals surface area contributed by atoms with Crippen molar-refractivity contribution in [2.75, 3.05) is 11.1 Å². The zero-order valence-corrected chi connectivity index (χ0v) is 17.7. The molecule has 2 aromatic carbocycles. The van der Waals surface area contributed by atoms with Gasteiger partial charge >= 0.3 is 0 Å². The number of rotatable bonds is 6. The van der Waals surface area contributed by atoms with Gasteiger partial charge in [0.1, 0.15) is 0 Å². The van der Waals surface area contributed by atoms with Gasteiger partial charge in [-0.2, -0.15) is 0 Å². The lowest BCUT2D eigenvalue weighted by Crippen LogP contribution is -2.15. The maximum atomic E-state index is 12.3. The van der Waals surface area contributed by atoms with Gasteiger partial charge in [0.2, 0.25) is 5.91 Å². The van der Waals surface area contributed by atoms with Gasteiger partial charge in [0.05, 0.1) is 11.4 Å². The number of hydrogen-bond donors (Lipinski definition) is 2. The van der Waals surface area contributed by atoms with Crippen LogP contribution < -0.4 is 5.32 Å². The molecule has 1 aromatic heterocycles. The Balaban J connectivity index is 1.54. The summed E-state index contributed by atoms with van der Waals surface area (Å²) in [5.41, 5.74) is 5.46. The van der Waals surface area contributed by atoms with Crippen LogP contribution in [-0.2, 0) is 16.6 Å². The Morgan fingerprint density at radius 1 is 1.07 bits per heavy atom. The first-order valence-electron chi connectivity index (χ1n) is 9.44. The highest BCUT2D eigenvalue weighted by molar-refractivity contribution is 7.99. The van der Waals surface area contributed by atoms with Crippen LogP contribution in [0.15, 0.2) is 59.8 Å². The highest BCUT2D eigenvalue weighted by Gasteiger charge is 2.14. The monoisotopic (exact) mass is 393 g/mol. The zero-order chi connectivity index (χ0) is 20.1. The van der Waals surface area contributed by atoms with Gasteiger partial charge in [-0.05, 0) is 35.6 Å². The summed E-state index contributed by atoms with van der Waals surface area (Å²) >= 11 is 1.42. The molecule has 146 valence electrons. The van der Waals surface area contributed by atoms with Crippen LogP contribution in [0.25, 0.3) is 0 Å². The Hall–Kier alpha value is -2.53. The topological polar surface area (TPSA) is 57.8 Å². The first kappa shape index (κ1) is 20.2. The summed E-state index contributed by atoms with van der Waals surface area (Å²) < 4.78 is 0. The van der Waals surface area contributed by atoms with Gasteiger partial charge in [-0.3, -0.25) is 4.79 Å². The third-order valence-electron chi connectivity index (χ3n) is 4.55. The van der Waals surface area contributed by atoms with E-state index in [9.17, 15) is 4.79 Å². The number of amides is 1. The molecule has 0 atom stereocenters. The number of anilines is 1. The lowest BCUT2D eigenvalue weighted by Gasteiger charge is -2.19. The van der Waals surface area contributed by atoms with Crippen LogP contribution >= 0.6 is 11.8 Å². The largest absolute Gasteiger partial charge is 0.337 e. The number of nitrogens with one attached hydrogen (secondary N) is 2. The average molecular weight is 394 g/mol. The molecule has 5 heteroatoms. The van der Waals surface area contributed by atoms with Crippen LogP contribution in [-0.4, -0.2) is 21.6 Å². The maximum absolute atomic E-state index is 12.3. The number of aryl methyl sites for hydroxylation is 1. The minimum absolute atomic E-state index is 0.0350. The van der Waals surface area contributed by atoms with E-state index in [0.29, 0.717) is 5.75 Å². The minimum atomic E-state index is -0.0350. The molecular formula is C23H27N3OS. The molecule has 0 bridgehead atoms. The second kappa shape index (κ2) is 8.65. The molecule has 2 N–H and O–H groups in total. The number of carbonyl (C=O) groups excluding carboxylic acids is 1. The van der Waals surface area contributed by atoms with Gasteiger partial charge in [-0.25, -0.2) is 4.98 Å². The predicted molar refractivity (Wildman–Crippen MR) is 117 cm³/mol. The predicted octanol–water partition coefficient (Wildman–Crippen LogP) is 5.34. The fourth-order valence-electron chi connectivity index (χ4n) is 2.88. The molecule has 0 aliphatic carbocycles. The van der Waals surface area contributed by atoms with Crippen molar-refractivity contribution in [2.45, 2.75) is 44.7 Å². The summed E-state index contributed by atoms with van der Waals surface area (Å²) in [6.45, 7) is 8.55. The zero-order valence-electron chi connectivity index (χ0n) is 16.9. The second-order valence-electron chi connectivity index (χ2n) is 7.94. The van der Waals surface area contributed by atoms with E-state index in [2.05, 4.69) is 60.3 Å². The van der Waals surface area contributed by atoms with Gasteiger partial charge in [-0.1, -0.05) is 75.0 Å². The number of aromatic amines is 1. The summed E-state index contributed by atoms with van der Waals surface area (Å²) in [5, 5.41) is 3.73. The first-order chi connectivity index (χ1) is 13.3. The molecule has 3 rings (SSSR count). The number of imidazole rings is 1. The molecule has 0 saturated heterocycles. The van der Waals surface area contributed by atoms with Gasteiger partial charge in [0.25, 0.3) is 0 Å². The minimum Gasteiger partial charge on any atom is -0.337 e. The Morgan fingerprint density at radius 3 is 2.39 bits per heavy atom. The number of nitrogens with zero attached hydrogens (tertiary/aromatic N) is 1. The molecule has 0 aliphatic heterocycles.